The first-order valence-corrected chi connectivity index (χ1v) is 15.4. The zero-order valence-corrected chi connectivity index (χ0v) is 24.4. The van der Waals surface area contributed by atoms with Crippen molar-refractivity contribution in [3.63, 3.8) is 0 Å². The molecule has 2 saturated heterocycles. The molecule has 0 saturated carbocycles. The number of imide groups is 1. The van der Waals surface area contributed by atoms with Crippen LogP contribution in [-0.2, 0) is 22.6 Å². The Kier molecular flexibility index (Phi) is 7.46. The third-order valence-electron chi connectivity index (χ3n) is 8.54. The van der Waals surface area contributed by atoms with Gasteiger partial charge in [-0.2, -0.15) is 0 Å². The second kappa shape index (κ2) is 11.6. The quantitative estimate of drug-likeness (QED) is 0.236. The van der Waals surface area contributed by atoms with E-state index in [0.29, 0.717) is 12.0 Å². The number of piperazine rings is 1. The van der Waals surface area contributed by atoms with Crippen LogP contribution in [0, 0.1) is 5.82 Å². The summed E-state index contributed by atoms with van der Waals surface area (Å²) in [6.45, 7) is 4.76. The van der Waals surface area contributed by atoms with Crippen molar-refractivity contribution in [2.24, 2.45) is 0 Å². The van der Waals surface area contributed by atoms with Crippen LogP contribution in [0.15, 0.2) is 83.8 Å². The molecule has 9 heteroatoms. The highest BCUT2D eigenvalue weighted by Crippen LogP contribution is 2.41. The lowest BCUT2D eigenvalue weighted by atomic mass is 9.95. The molecule has 0 radical (unpaired) electrons. The molecule has 0 aliphatic carbocycles. The van der Waals surface area contributed by atoms with Crippen LogP contribution >= 0.6 is 11.9 Å². The van der Waals surface area contributed by atoms with Crippen LogP contribution in [0.1, 0.15) is 39.9 Å². The fourth-order valence-electron chi connectivity index (χ4n) is 6.32. The maximum atomic E-state index is 13.4. The molecule has 3 amide bonds. The summed E-state index contributed by atoms with van der Waals surface area (Å²) < 4.78 is 15.5. The molecule has 3 aliphatic rings. The van der Waals surface area contributed by atoms with Gasteiger partial charge in [-0.15, -0.1) is 0 Å². The van der Waals surface area contributed by atoms with Gasteiger partial charge in [-0.1, -0.05) is 42.5 Å². The molecule has 7 nitrogen and oxygen atoms in total. The summed E-state index contributed by atoms with van der Waals surface area (Å²) in [6, 6.07) is 24.5. The largest absolute Gasteiger partial charge is 0.296 e. The van der Waals surface area contributed by atoms with E-state index in [1.165, 1.54) is 23.3 Å². The lowest BCUT2D eigenvalue weighted by molar-refractivity contribution is -0.134. The molecule has 3 aliphatic heterocycles. The zero-order valence-electron chi connectivity index (χ0n) is 23.6. The van der Waals surface area contributed by atoms with E-state index in [0.717, 1.165) is 66.1 Å². The molecule has 43 heavy (non-hydrogen) atoms. The highest BCUT2D eigenvalue weighted by atomic mass is 32.2. The Morgan fingerprint density at radius 2 is 1.58 bits per heavy atom. The van der Waals surface area contributed by atoms with Crippen molar-refractivity contribution < 1.29 is 18.8 Å². The molecule has 1 N–H and O–H groups in total. The summed E-state index contributed by atoms with van der Waals surface area (Å²) in [5, 5.41) is 4.27. The molecule has 0 spiro atoms. The van der Waals surface area contributed by atoms with E-state index >= 15 is 0 Å². The fourth-order valence-corrected chi connectivity index (χ4v) is 7.22. The minimum absolute atomic E-state index is 0.188. The van der Waals surface area contributed by atoms with Gasteiger partial charge in [0.1, 0.15) is 11.9 Å². The summed E-state index contributed by atoms with van der Waals surface area (Å²) in [5.41, 5.74) is 4.93. The average Bonchev–Trinajstić information content (AvgIpc) is 3.30. The molecule has 2 fully saturated rings. The number of anilines is 1. The van der Waals surface area contributed by atoms with Crippen LogP contribution in [0.2, 0.25) is 0 Å². The number of amides is 3. The summed E-state index contributed by atoms with van der Waals surface area (Å²) >= 11 is 1.69. The molecule has 218 valence electrons. The number of rotatable bonds is 7. The van der Waals surface area contributed by atoms with E-state index in [4.69, 9.17) is 0 Å². The average molecular weight is 595 g/mol. The molecule has 0 bridgehead atoms. The molecule has 3 heterocycles. The van der Waals surface area contributed by atoms with Gasteiger partial charge in [-0.25, -0.2) is 8.70 Å². The van der Waals surface area contributed by atoms with Gasteiger partial charge in [-0.3, -0.25) is 29.5 Å². The predicted octanol–water partition coefficient (Wildman–Crippen LogP) is 5.16. The molecular formula is C34H31FN4O3S. The van der Waals surface area contributed by atoms with Gasteiger partial charge in [0.15, 0.2) is 0 Å². The van der Waals surface area contributed by atoms with Gasteiger partial charge in [0.05, 0.1) is 5.69 Å². The van der Waals surface area contributed by atoms with Crippen molar-refractivity contribution in [3.8, 4) is 0 Å². The third kappa shape index (κ3) is 5.56. The van der Waals surface area contributed by atoms with Crippen LogP contribution in [0.5, 0.6) is 0 Å². The maximum absolute atomic E-state index is 13.4. The maximum Gasteiger partial charge on any atom is 0.259 e. The monoisotopic (exact) mass is 594 g/mol. The molecule has 7 rings (SSSR count). The first-order chi connectivity index (χ1) is 20.9. The van der Waals surface area contributed by atoms with Crippen molar-refractivity contribution in [2.45, 2.75) is 36.7 Å². The van der Waals surface area contributed by atoms with Crippen LogP contribution in [0.25, 0.3) is 10.8 Å². The lowest BCUT2D eigenvalue weighted by Crippen LogP contribution is -2.53. The summed E-state index contributed by atoms with van der Waals surface area (Å²) in [5.74, 6) is -1.11. The Balaban J connectivity index is 1.01. The predicted molar refractivity (Wildman–Crippen MR) is 165 cm³/mol. The second-order valence-electron chi connectivity index (χ2n) is 11.4. The Bertz CT molecular complexity index is 1720. The standard InChI is InChI=1S/C34H31FN4O3S/c35-25-9-11-26(12-10-25)43-38-18-16-37(17-19-38)21-23-6-4-22(5-7-23)20-24-8-13-29-32-27(24)2-1-3-28(32)34(42)39(29)30-14-15-31(40)36-33(30)41/h1-13,30H,14-21H2,(H,36,40,41). The summed E-state index contributed by atoms with van der Waals surface area (Å²) in [6.07, 6.45) is 1.28. The minimum Gasteiger partial charge on any atom is -0.296 e. The van der Waals surface area contributed by atoms with E-state index in [2.05, 4.69) is 44.9 Å². The van der Waals surface area contributed by atoms with Gasteiger partial charge >= 0.3 is 0 Å². The molecular weight excluding hydrogens is 563 g/mol. The number of benzene rings is 4. The smallest absolute Gasteiger partial charge is 0.259 e. The van der Waals surface area contributed by atoms with Crippen molar-refractivity contribution in [3.05, 3.63) is 107 Å². The number of carbonyl (C=O) groups excluding carboxylic acids is 3. The van der Waals surface area contributed by atoms with E-state index in [1.54, 1.807) is 16.8 Å². The Morgan fingerprint density at radius 1 is 0.837 bits per heavy atom. The first-order valence-electron chi connectivity index (χ1n) is 14.6. The fraction of sp³-hybridized carbons (Fsp3) is 0.265. The first kappa shape index (κ1) is 27.8. The number of hydrogen-bond acceptors (Lipinski definition) is 6. The lowest BCUT2D eigenvalue weighted by Gasteiger charge is -2.33. The normalized spacial score (nSPS) is 19.3. The Labute approximate surface area is 253 Å². The van der Waals surface area contributed by atoms with Gasteiger partial charge in [-0.05, 0) is 83.3 Å². The van der Waals surface area contributed by atoms with Crippen molar-refractivity contribution >= 4 is 46.1 Å². The Morgan fingerprint density at radius 3 is 2.33 bits per heavy atom. The highest BCUT2D eigenvalue weighted by molar-refractivity contribution is 7.97. The van der Waals surface area contributed by atoms with E-state index in [9.17, 15) is 18.8 Å². The number of nitrogens with one attached hydrogen (secondary N) is 1. The third-order valence-corrected chi connectivity index (χ3v) is 9.65. The Hall–Kier alpha value is -4.05. The van der Waals surface area contributed by atoms with Crippen LogP contribution < -0.4 is 10.2 Å². The molecule has 1 atom stereocenters. The van der Waals surface area contributed by atoms with E-state index in [1.807, 2.05) is 36.4 Å². The topological polar surface area (TPSA) is 73.0 Å². The van der Waals surface area contributed by atoms with Crippen LogP contribution in [0.4, 0.5) is 10.1 Å². The van der Waals surface area contributed by atoms with Gasteiger partial charge in [0, 0.05) is 55.0 Å². The number of hydrogen-bond donors (Lipinski definition) is 1. The van der Waals surface area contributed by atoms with Gasteiger partial charge in [0.2, 0.25) is 11.8 Å². The van der Waals surface area contributed by atoms with Crippen LogP contribution in [-0.4, -0.2) is 59.1 Å². The summed E-state index contributed by atoms with van der Waals surface area (Å²) in [7, 11) is 0. The molecule has 4 aromatic rings. The SMILES string of the molecule is O=C1CCC(N2C(=O)c3cccc4c(Cc5ccc(CN6CCN(Sc7ccc(F)cc7)CC6)cc5)ccc2c34)C(=O)N1. The van der Waals surface area contributed by atoms with Crippen molar-refractivity contribution in [1.82, 2.24) is 14.5 Å². The van der Waals surface area contributed by atoms with Gasteiger partial charge < -0.3 is 0 Å². The van der Waals surface area contributed by atoms with E-state index in [-0.39, 0.29) is 24.1 Å². The molecule has 1 unspecified atom stereocenters. The number of nitrogens with zero attached hydrogens (tertiary/aromatic N) is 3. The van der Waals surface area contributed by atoms with Crippen molar-refractivity contribution in [1.29, 1.82) is 0 Å². The summed E-state index contributed by atoms with van der Waals surface area (Å²) in [4.78, 5) is 42.8. The number of halogens is 1. The number of piperidine rings is 1. The van der Waals surface area contributed by atoms with Gasteiger partial charge in [0.25, 0.3) is 5.91 Å². The van der Waals surface area contributed by atoms with E-state index < -0.39 is 11.9 Å². The molecule has 4 aromatic carbocycles. The second-order valence-corrected chi connectivity index (χ2v) is 12.5. The van der Waals surface area contributed by atoms with Crippen LogP contribution in [0.3, 0.4) is 0 Å². The molecule has 0 aromatic heterocycles. The number of carbonyl (C=O) groups is 3. The zero-order chi connectivity index (χ0) is 29.5. The highest BCUT2D eigenvalue weighted by Gasteiger charge is 2.40. The van der Waals surface area contributed by atoms with Crippen molar-refractivity contribution in [2.75, 3.05) is 31.1 Å². The minimum atomic E-state index is -0.685.